The molecule has 2 aromatic heterocycles. The Kier molecular flexibility index (Phi) is 5.02. The molecule has 4 aromatic rings. The first-order valence-electron chi connectivity index (χ1n) is 8.60. The average Bonchev–Trinajstić information content (AvgIpc) is 2.92. The number of nitrogens with zero attached hydrogens (tertiary/aromatic N) is 3. The van der Waals surface area contributed by atoms with Crippen molar-refractivity contribution in [2.75, 3.05) is 5.32 Å². The Hall–Kier alpha value is -2.90. The van der Waals surface area contributed by atoms with Crippen LogP contribution in [0.15, 0.2) is 53.5 Å². The van der Waals surface area contributed by atoms with E-state index in [0.717, 1.165) is 6.07 Å². The standard InChI is InChI=1S/C20H14Cl2F2N4O/c1-11-19-26-17(25-10-12-5-6-13(23)9-16(12)24)7-8-27(19)28(20(11)29)18-14(21)3-2-4-15(18)22/h2-9H,10H2,1H3,(H,25,26). The lowest BCUT2D eigenvalue weighted by atomic mass is 10.2. The van der Waals surface area contributed by atoms with Gasteiger partial charge in [0.1, 0.15) is 23.1 Å². The van der Waals surface area contributed by atoms with Crippen LogP contribution >= 0.6 is 23.2 Å². The molecule has 0 aliphatic heterocycles. The van der Waals surface area contributed by atoms with Gasteiger partial charge in [-0.25, -0.2) is 23.0 Å². The van der Waals surface area contributed by atoms with E-state index in [9.17, 15) is 13.6 Å². The van der Waals surface area contributed by atoms with Crippen molar-refractivity contribution < 1.29 is 8.78 Å². The predicted molar refractivity (Wildman–Crippen MR) is 109 cm³/mol. The van der Waals surface area contributed by atoms with Gasteiger partial charge in [0, 0.05) is 24.4 Å². The molecule has 2 heterocycles. The summed E-state index contributed by atoms with van der Waals surface area (Å²) in [6.45, 7) is 1.75. The van der Waals surface area contributed by atoms with Gasteiger partial charge in [0.15, 0.2) is 5.65 Å². The summed E-state index contributed by atoms with van der Waals surface area (Å²) in [7, 11) is 0. The maximum absolute atomic E-state index is 13.8. The molecular formula is C20H14Cl2F2N4O. The average molecular weight is 435 g/mol. The number of anilines is 1. The Morgan fingerprint density at radius 2 is 1.83 bits per heavy atom. The predicted octanol–water partition coefficient (Wildman–Crippen LogP) is 4.99. The first kappa shape index (κ1) is 19.4. The topological polar surface area (TPSA) is 51.3 Å². The van der Waals surface area contributed by atoms with Crippen LogP contribution in [-0.4, -0.2) is 14.2 Å². The summed E-state index contributed by atoms with van der Waals surface area (Å²) in [5.41, 5.74) is 1.14. The van der Waals surface area contributed by atoms with Crippen LogP contribution in [0.25, 0.3) is 11.3 Å². The van der Waals surface area contributed by atoms with Crippen molar-refractivity contribution in [3.63, 3.8) is 0 Å². The van der Waals surface area contributed by atoms with Crippen molar-refractivity contribution in [3.05, 3.63) is 91.8 Å². The smallest absolute Gasteiger partial charge is 0.277 e. The summed E-state index contributed by atoms with van der Waals surface area (Å²) in [5.74, 6) is -0.856. The molecule has 1 N–H and O–H groups in total. The Labute approximate surface area is 174 Å². The normalized spacial score (nSPS) is 11.2. The molecule has 0 saturated heterocycles. The van der Waals surface area contributed by atoms with Crippen molar-refractivity contribution in [3.8, 4) is 5.69 Å². The van der Waals surface area contributed by atoms with E-state index in [2.05, 4.69) is 10.3 Å². The summed E-state index contributed by atoms with van der Waals surface area (Å²) >= 11 is 12.5. The Morgan fingerprint density at radius 3 is 2.52 bits per heavy atom. The zero-order valence-corrected chi connectivity index (χ0v) is 16.6. The molecule has 0 atom stereocenters. The van der Waals surface area contributed by atoms with Gasteiger partial charge in [-0.05, 0) is 31.2 Å². The molecular weight excluding hydrogens is 421 g/mol. The quantitative estimate of drug-likeness (QED) is 0.492. The number of benzene rings is 2. The fourth-order valence-electron chi connectivity index (χ4n) is 3.03. The van der Waals surface area contributed by atoms with E-state index in [-0.39, 0.29) is 12.1 Å². The van der Waals surface area contributed by atoms with Crippen LogP contribution in [-0.2, 0) is 6.54 Å². The van der Waals surface area contributed by atoms with Gasteiger partial charge in [-0.1, -0.05) is 35.3 Å². The van der Waals surface area contributed by atoms with Crippen LogP contribution in [0.5, 0.6) is 0 Å². The number of rotatable bonds is 4. The molecule has 0 aliphatic rings. The van der Waals surface area contributed by atoms with Crippen molar-refractivity contribution >= 4 is 34.7 Å². The van der Waals surface area contributed by atoms with Crippen LogP contribution in [0, 0.1) is 18.6 Å². The van der Waals surface area contributed by atoms with Crippen LogP contribution in [0.3, 0.4) is 0 Å². The molecule has 148 valence electrons. The Morgan fingerprint density at radius 1 is 1.10 bits per heavy atom. The van der Waals surface area contributed by atoms with E-state index in [0.29, 0.717) is 38.3 Å². The number of aryl methyl sites for hydroxylation is 1. The van der Waals surface area contributed by atoms with Crippen LogP contribution < -0.4 is 10.9 Å². The van der Waals surface area contributed by atoms with Gasteiger partial charge in [0.25, 0.3) is 5.56 Å². The number of halogens is 4. The molecule has 0 fully saturated rings. The van der Waals surface area contributed by atoms with Gasteiger partial charge in [0.2, 0.25) is 0 Å². The zero-order valence-electron chi connectivity index (χ0n) is 15.1. The van der Waals surface area contributed by atoms with E-state index < -0.39 is 11.6 Å². The van der Waals surface area contributed by atoms with Crippen molar-refractivity contribution in [2.24, 2.45) is 0 Å². The molecule has 4 rings (SSSR count). The molecule has 5 nitrogen and oxygen atoms in total. The highest BCUT2D eigenvalue weighted by Gasteiger charge is 2.18. The van der Waals surface area contributed by atoms with Crippen molar-refractivity contribution in [2.45, 2.75) is 13.5 Å². The zero-order chi connectivity index (χ0) is 20.7. The monoisotopic (exact) mass is 434 g/mol. The van der Waals surface area contributed by atoms with E-state index in [1.165, 1.54) is 16.8 Å². The van der Waals surface area contributed by atoms with Crippen LogP contribution in [0.2, 0.25) is 10.0 Å². The van der Waals surface area contributed by atoms with Gasteiger partial charge in [-0.3, -0.25) is 4.79 Å². The minimum atomic E-state index is -0.648. The molecule has 0 bridgehead atoms. The maximum atomic E-state index is 13.8. The molecule has 0 amide bonds. The minimum Gasteiger partial charge on any atom is -0.366 e. The lowest BCUT2D eigenvalue weighted by Gasteiger charge is -2.11. The number of hydrogen-bond donors (Lipinski definition) is 1. The second-order valence-corrected chi connectivity index (χ2v) is 7.20. The number of fused-ring (bicyclic) bond motifs is 1. The van der Waals surface area contributed by atoms with E-state index in [1.54, 1.807) is 41.9 Å². The molecule has 0 spiro atoms. The van der Waals surface area contributed by atoms with E-state index in [4.69, 9.17) is 23.2 Å². The SMILES string of the molecule is Cc1c(=O)n(-c2c(Cl)cccc2Cl)n2ccc(NCc3ccc(F)cc3F)nc12. The summed E-state index contributed by atoms with van der Waals surface area (Å²) in [4.78, 5) is 17.3. The lowest BCUT2D eigenvalue weighted by molar-refractivity contribution is 0.574. The van der Waals surface area contributed by atoms with Crippen molar-refractivity contribution in [1.82, 2.24) is 14.2 Å². The third-order valence-corrected chi connectivity index (χ3v) is 5.12. The summed E-state index contributed by atoms with van der Waals surface area (Å²) in [6.07, 6.45) is 1.64. The minimum absolute atomic E-state index is 0.107. The fourth-order valence-corrected chi connectivity index (χ4v) is 3.59. The second-order valence-electron chi connectivity index (χ2n) is 6.38. The number of nitrogens with one attached hydrogen (secondary N) is 1. The van der Waals surface area contributed by atoms with Gasteiger partial charge < -0.3 is 5.32 Å². The first-order chi connectivity index (χ1) is 13.9. The fraction of sp³-hybridized carbons (Fsp3) is 0.100. The van der Waals surface area contributed by atoms with Crippen LogP contribution in [0.4, 0.5) is 14.6 Å². The molecule has 0 radical (unpaired) electrons. The molecule has 29 heavy (non-hydrogen) atoms. The summed E-state index contributed by atoms with van der Waals surface area (Å²) < 4.78 is 29.8. The lowest BCUT2D eigenvalue weighted by Crippen LogP contribution is -2.19. The van der Waals surface area contributed by atoms with E-state index >= 15 is 0 Å². The van der Waals surface area contributed by atoms with Crippen LogP contribution in [0.1, 0.15) is 11.1 Å². The molecule has 2 aromatic carbocycles. The third kappa shape index (κ3) is 3.47. The highest BCUT2D eigenvalue weighted by atomic mass is 35.5. The summed E-state index contributed by atoms with van der Waals surface area (Å²) in [6, 6.07) is 9.99. The Balaban J connectivity index is 1.74. The van der Waals surface area contributed by atoms with Gasteiger partial charge in [-0.15, -0.1) is 0 Å². The third-order valence-electron chi connectivity index (χ3n) is 4.51. The maximum Gasteiger partial charge on any atom is 0.277 e. The van der Waals surface area contributed by atoms with Gasteiger partial charge >= 0.3 is 0 Å². The number of aromatic nitrogens is 3. The highest BCUT2D eigenvalue weighted by Crippen LogP contribution is 2.28. The molecule has 0 saturated carbocycles. The molecule has 0 unspecified atom stereocenters. The van der Waals surface area contributed by atoms with E-state index in [1.807, 2.05) is 0 Å². The van der Waals surface area contributed by atoms with Gasteiger partial charge in [0.05, 0.1) is 15.6 Å². The number of hydrogen-bond acceptors (Lipinski definition) is 3. The molecule has 9 heteroatoms. The largest absolute Gasteiger partial charge is 0.366 e. The second kappa shape index (κ2) is 7.50. The summed E-state index contributed by atoms with van der Waals surface area (Å²) in [5, 5.41) is 3.64. The Bertz CT molecular complexity index is 1280. The number of para-hydroxylation sites is 1. The first-order valence-corrected chi connectivity index (χ1v) is 9.35. The van der Waals surface area contributed by atoms with Gasteiger partial charge in [-0.2, -0.15) is 0 Å². The highest BCUT2D eigenvalue weighted by molar-refractivity contribution is 6.37. The van der Waals surface area contributed by atoms with Crippen molar-refractivity contribution in [1.29, 1.82) is 0 Å². The molecule has 0 aliphatic carbocycles.